The van der Waals surface area contributed by atoms with Crippen LogP contribution >= 0.6 is 0 Å². The summed E-state index contributed by atoms with van der Waals surface area (Å²) in [5.74, 6) is 0. The van der Waals surface area contributed by atoms with Crippen LogP contribution in [-0.2, 0) is 0 Å². The first-order chi connectivity index (χ1) is 28.7. The fraction of sp³-hybridized carbons (Fsp3) is 0. The number of hydrogen-bond donors (Lipinski definition) is 0. The van der Waals surface area contributed by atoms with Crippen molar-refractivity contribution >= 4 is 73.9 Å². The summed E-state index contributed by atoms with van der Waals surface area (Å²) < 4.78 is 2.35. The minimum absolute atomic E-state index is 1.12. The molecule has 1 aromatic heterocycles. The SMILES string of the molecule is C(=Cc1ccc(N(c2ccccc2)c2cccc3ccccc23)cc1)c1ccc(-c2ccc(C=Cc3ccc4c(c3)c3ccccc3n4-c3ccccc3)cc2)cc1. The highest BCUT2D eigenvalue weighted by Crippen LogP contribution is 2.39. The van der Waals surface area contributed by atoms with E-state index in [9.17, 15) is 0 Å². The maximum atomic E-state index is 2.35. The van der Waals surface area contributed by atoms with Crippen molar-refractivity contribution in [2.75, 3.05) is 4.90 Å². The van der Waals surface area contributed by atoms with Gasteiger partial charge in [0.05, 0.1) is 16.7 Å². The summed E-state index contributed by atoms with van der Waals surface area (Å²) >= 11 is 0. The number of benzene rings is 9. The lowest BCUT2D eigenvalue weighted by Gasteiger charge is -2.27. The Balaban J connectivity index is 0.831. The van der Waals surface area contributed by atoms with Crippen LogP contribution in [0, 0.1) is 0 Å². The van der Waals surface area contributed by atoms with E-state index in [2.05, 4.69) is 252 Å². The van der Waals surface area contributed by atoms with Gasteiger partial charge >= 0.3 is 0 Å². The van der Waals surface area contributed by atoms with Gasteiger partial charge in [-0.15, -0.1) is 0 Å². The standard InChI is InChI=1S/C56H40N2/c1-3-14-48(15-4-1)57(54-21-11-13-47-12-7-8-18-51(47)54)50-37-30-43(31-38-50)23-22-41-26-33-45(34-27-41)46-35-28-42(29-36-46)24-25-44-32-39-56-53(40-44)52-19-9-10-20-55(52)58(56)49-16-5-2-6-17-49/h1-40H. The minimum Gasteiger partial charge on any atom is -0.310 e. The van der Waals surface area contributed by atoms with Crippen molar-refractivity contribution in [3.8, 4) is 16.8 Å². The Morgan fingerprint density at radius 3 is 1.48 bits per heavy atom. The fourth-order valence-electron chi connectivity index (χ4n) is 8.05. The highest BCUT2D eigenvalue weighted by molar-refractivity contribution is 6.10. The van der Waals surface area contributed by atoms with Gasteiger partial charge in [0.25, 0.3) is 0 Å². The molecule has 0 aliphatic heterocycles. The van der Waals surface area contributed by atoms with Gasteiger partial charge in [0.1, 0.15) is 0 Å². The van der Waals surface area contributed by atoms with E-state index in [4.69, 9.17) is 0 Å². The zero-order valence-electron chi connectivity index (χ0n) is 32.0. The third-order valence-corrected chi connectivity index (χ3v) is 11.0. The predicted molar refractivity (Wildman–Crippen MR) is 249 cm³/mol. The van der Waals surface area contributed by atoms with Crippen LogP contribution < -0.4 is 4.90 Å². The molecule has 58 heavy (non-hydrogen) atoms. The molecule has 0 aliphatic carbocycles. The van der Waals surface area contributed by atoms with Crippen molar-refractivity contribution in [3.05, 3.63) is 241 Å². The van der Waals surface area contributed by atoms with Crippen molar-refractivity contribution in [1.29, 1.82) is 0 Å². The molecule has 0 saturated heterocycles. The zero-order valence-corrected chi connectivity index (χ0v) is 32.0. The molecule has 0 atom stereocenters. The molecule has 10 aromatic rings. The zero-order chi connectivity index (χ0) is 38.7. The van der Waals surface area contributed by atoms with Crippen molar-refractivity contribution in [2.24, 2.45) is 0 Å². The molecule has 274 valence electrons. The molecule has 0 unspecified atom stereocenters. The molecule has 0 bridgehead atoms. The molecule has 9 aromatic carbocycles. The van der Waals surface area contributed by atoms with Gasteiger partial charge in [-0.2, -0.15) is 0 Å². The highest BCUT2D eigenvalue weighted by Gasteiger charge is 2.15. The first kappa shape index (κ1) is 34.8. The molecular weight excluding hydrogens is 701 g/mol. The summed E-state index contributed by atoms with van der Waals surface area (Å²) in [7, 11) is 0. The van der Waals surface area contributed by atoms with Crippen LogP contribution in [0.2, 0.25) is 0 Å². The Labute approximate surface area is 339 Å². The molecule has 0 spiro atoms. The van der Waals surface area contributed by atoms with Gasteiger partial charge in [-0.3, -0.25) is 0 Å². The Morgan fingerprint density at radius 1 is 0.328 bits per heavy atom. The molecule has 2 heteroatoms. The van der Waals surface area contributed by atoms with E-state index < -0.39 is 0 Å². The molecule has 0 saturated carbocycles. The minimum atomic E-state index is 1.12. The molecule has 0 fully saturated rings. The van der Waals surface area contributed by atoms with Crippen LogP contribution in [-0.4, -0.2) is 4.57 Å². The summed E-state index contributed by atoms with van der Waals surface area (Å²) in [6.07, 6.45) is 8.78. The predicted octanol–water partition coefficient (Wildman–Crippen LogP) is 15.4. The van der Waals surface area contributed by atoms with Crippen LogP contribution in [0.25, 0.3) is 73.7 Å². The quantitative estimate of drug-likeness (QED) is 0.134. The smallest absolute Gasteiger partial charge is 0.0541 e. The molecule has 0 aliphatic rings. The molecule has 0 radical (unpaired) electrons. The molecule has 0 amide bonds. The highest BCUT2D eigenvalue weighted by atomic mass is 15.1. The van der Waals surface area contributed by atoms with Crippen LogP contribution in [0.4, 0.5) is 17.1 Å². The average Bonchev–Trinajstić information content (AvgIpc) is 3.63. The lowest BCUT2D eigenvalue weighted by Crippen LogP contribution is -2.10. The third-order valence-electron chi connectivity index (χ3n) is 11.0. The van der Waals surface area contributed by atoms with Crippen molar-refractivity contribution < 1.29 is 0 Å². The number of anilines is 3. The monoisotopic (exact) mass is 740 g/mol. The van der Waals surface area contributed by atoms with Gasteiger partial charge in [0.15, 0.2) is 0 Å². The van der Waals surface area contributed by atoms with E-state index in [1.807, 2.05) is 0 Å². The molecule has 0 N–H and O–H groups in total. The average molecular weight is 741 g/mol. The summed E-state index contributed by atoms with van der Waals surface area (Å²) in [5, 5.41) is 4.98. The van der Waals surface area contributed by atoms with Gasteiger partial charge in [-0.1, -0.05) is 182 Å². The first-order valence-electron chi connectivity index (χ1n) is 19.8. The van der Waals surface area contributed by atoms with Crippen LogP contribution in [0.1, 0.15) is 22.3 Å². The van der Waals surface area contributed by atoms with Gasteiger partial charge < -0.3 is 9.47 Å². The number of nitrogens with zero attached hydrogens (tertiary/aromatic N) is 2. The van der Waals surface area contributed by atoms with Gasteiger partial charge in [0, 0.05) is 33.2 Å². The Kier molecular flexibility index (Phi) is 9.27. The topological polar surface area (TPSA) is 8.17 Å². The normalized spacial score (nSPS) is 11.7. The van der Waals surface area contributed by atoms with E-state index in [1.54, 1.807) is 0 Å². The largest absolute Gasteiger partial charge is 0.310 e. The van der Waals surface area contributed by atoms with Crippen molar-refractivity contribution in [3.63, 3.8) is 0 Å². The number of rotatable bonds is 9. The van der Waals surface area contributed by atoms with E-state index in [0.29, 0.717) is 0 Å². The van der Waals surface area contributed by atoms with Crippen molar-refractivity contribution in [2.45, 2.75) is 0 Å². The number of fused-ring (bicyclic) bond motifs is 4. The molecule has 10 rings (SSSR count). The molecular formula is C56H40N2. The number of para-hydroxylation sites is 3. The van der Waals surface area contributed by atoms with E-state index in [-0.39, 0.29) is 0 Å². The Morgan fingerprint density at radius 2 is 0.810 bits per heavy atom. The van der Waals surface area contributed by atoms with Crippen LogP contribution in [0.3, 0.4) is 0 Å². The second kappa shape index (κ2) is 15.5. The molecule has 2 nitrogen and oxygen atoms in total. The third kappa shape index (κ3) is 6.89. The number of aromatic nitrogens is 1. The van der Waals surface area contributed by atoms with Crippen LogP contribution in [0.5, 0.6) is 0 Å². The van der Waals surface area contributed by atoms with Gasteiger partial charge in [-0.05, 0) is 99.4 Å². The lowest BCUT2D eigenvalue weighted by molar-refractivity contribution is 1.18. The van der Waals surface area contributed by atoms with Gasteiger partial charge in [-0.25, -0.2) is 0 Å². The Bertz CT molecular complexity index is 3060. The second-order valence-electron chi connectivity index (χ2n) is 14.6. The van der Waals surface area contributed by atoms with E-state index >= 15 is 0 Å². The molecule has 1 heterocycles. The van der Waals surface area contributed by atoms with E-state index in [0.717, 1.165) is 28.2 Å². The van der Waals surface area contributed by atoms with Gasteiger partial charge in [0.2, 0.25) is 0 Å². The van der Waals surface area contributed by atoms with E-state index in [1.165, 1.54) is 60.5 Å². The number of hydrogen-bond acceptors (Lipinski definition) is 1. The maximum absolute atomic E-state index is 2.35. The summed E-state index contributed by atoms with van der Waals surface area (Å²) in [4.78, 5) is 2.34. The fourth-order valence-corrected chi connectivity index (χ4v) is 8.05. The summed E-state index contributed by atoms with van der Waals surface area (Å²) in [6, 6.07) is 78.1. The van der Waals surface area contributed by atoms with Crippen LogP contribution in [0.15, 0.2) is 218 Å². The summed E-state index contributed by atoms with van der Waals surface area (Å²) in [6.45, 7) is 0. The van der Waals surface area contributed by atoms with Crippen molar-refractivity contribution in [1.82, 2.24) is 4.57 Å². The lowest BCUT2D eigenvalue weighted by atomic mass is 10.0. The maximum Gasteiger partial charge on any atom is 0.0541 e. The summed E-state index contributed by atoms with van der Waals surface area (Å²) in [5.41, 5.74) is 14.1. The second-order valence-corrected chi connectivity index (χ2v) is 14.6. The Hall–Kier alpha value is -7.68. The first-order valence-corrected chi connectivity index (χ1v) is 19.8.